The predicted octanol–water partition coefficient (Wildman–Crippen LogP) is 3.76. The van der Waals surface area contributed by atoms with Crippen molar-refractivity contribution in [2.45, 2.75) is 25.7 Å². The number of aryl methyl sites for hydroxylation is 1. The molecule has 0 saturated heterocycles. The molecule has 2 aromatic heterocycles. The number of hydrogen-bond acceptors (Lipinski definition) is 6. The summed E-state index contributed by atoms with van der Waals surface area (Å²) in [6.45, 7) is 6.93. The van der Waals surface area contributed by atoms with Crippen LogP contribution in [0.3, 0.4) is 0 Å². The number of fused-ring (bicyclic) bond motifs is 1. The molecule has 1 aliphatic carbocycles. The number of nitrogens with zero attached hydrogens (tertiary/aromatic N) is 4. The molecular formula is C24H31FN8O. The highest BCUT2D eigenvalue weighted by atomic mass is 19.1. The molecule has 34 heavy (non-hydrogen) atoms. The summed E-state index contributed by atoms with van der Waals surface area (Å²) in [6.07, 6.45) is 4.11. The average molecular weight is 467 g/mol. The van der Waals surface area contributed by atoms with Crippen LogP contribution in [0.15, 0.2) is 46.1 Å². The largest absolute Gasteiger partial charge is 0.468 e. The number of ether oxygens (including phenoxy) is 1. The molecule has 0 radical (unpaired) electrons. The van der Waals surface area contributed by atoms with Crippen LogP contribution in [-0.2, 0) is 0 Å². The molecule has 1 aliphatic rings. The van der Waals surface area contributed by atoms with Gasteiger partial charge in [0.25, 0.3) is 0 Å². The van der Waals surface area contributed by atoms with Crippen LogP contribution < -0.4 is 15.4 Å². The summed E-state index contributed by atoms with van der Waals surface area (Å²) in [5.41, 5.74) is 2.74. The molecule has 2 heterocycles. The van der Waals surface area contributed by atoms with Crippen molar-refractivity contribution in [1.82, 2.24) is 25.4 Å². The van der Waals surface area contributed by atoms with E-state index in [0.29, 0.717) is 35.3 Å². The van der Waals surface area contributed by atoms with Crippen molar-refractivity contribution < 1.29 is 9.13 Å². The zero-order chi connectivity index (χ0) is 24.1. The lowest BCUT2D eigenvalue weighted by atomic mass is 10.2. The molecule has 1 aromatic carbocycles. The van der Waals surface area contributed by atoms with E-state index in [1.165, 1.54) is 12.8 Å². The number of likely N-dealkylation sites (N-methyl/N-ethyl adjacent to an activating group) is 1. The minimum atomic E-state index is -0.408. The van der Waals surface area contributed by atoms with E-state index in [9.17, 15) is 4.39 Å². The molecule has 0 spiro atoms. The highest BCUT2D eigenvalue weighted by Gasteiger charge is 2.25. The third-order valence-corrected chi connectivity index (χ3v) is 5.47. The van der Waals surface area contributed by atoms with Crippen LogP contribution in [-0.4, -0.2) is 66.6 Å². The summed E-state index contributed by atoms with van der Waals surface area (Å²) in [4.78, 5) is 13.7. The first-order valence-corrected chi connectivity index (χ1v) is 11.3. The van der Waals surface area contributed by atoms with Gasteiger partial charge in [-0.25, -0.2) is 14.4 Å². The molecule has 3 aromatic rings. The van der Waals surface area contributed by atoms with Gasteiger partial charge in [0.05, 0.1) is 0 Å². The number of anilines is 1. The molecule has 180 valence electrons. The molecule has 0 atom stereocenters. The lowest BCUT2D eigenvalue weighted by molar-refractivity contribution is 0.314. The number of hydrogen-bond donors (Lipinski definition) is 4. The molecule has 1 fully saturated rings. The van der Waals surface area contributed by atoms with Crippen molar-refractivity contribution in [2.75, 3.05) is 39.2 Å². The Hall–Kier alpha value is -3.66. The van der Waals surface area contributed by atoms with E-state index >= 15 is 0 Å². The highest BCUT2D eigenvalue weighted by molar-refractivity contribution is 5.94. The van der Waals surface area contributed by atoms with E-state index in [-0.39, 0.29) is 12.5 Å². The average Bonchev–Trinajstić information content (AvgIpc) is 3.42. The first kappa shape index (κ1) is 23.5. The Labute approximate surface area is 198 Å². The van der Waals surface area contributed by atoms with Crippen LogP contribution in [0.4, 0.5) is 10.2 Å². The van der Waals surface area contributed by atoms with Crippen molar-refractivity contribution in [1.29, 1.82) is 0 Å². The second-order valence-electron chi connectivity index (χ2n) is 8.63. The summed E-state index contributed by atoms with van der Waals surface area (Å²) >= 11 is 0. The summed E-state index contributed by atoms with van der Waals surface area (Å²) in [5.74, 6) is 2.01. The van der Waals surface area contributed by atoms with E-state index < -0.39 is 5.82 Å². The molecule has 1 saturated carbocycles. The fraction of sp³-hybridized carbons (Fsp3) is 0.375. The van der Waals surface area contributed by atoms with Gasteiger partial charge in [0.15, 0.2) is 24.1 Å². The number of aromatic nitrogens is 3. The van der Waals surface area contributed by atoms with Crippen molar-refractivity contribution in [3.8, 4) is 5.75 Å². The summed E-state index contributed by atoms with van der Waals surface area (Å²) < 4.78 is 20.4. The van der Waals surface area contributed by atoms with Gasteiger partial charge in [0.1, 0.15) is 11.7 Å². The van der Waals surface area contributed by atoms with Gasteiger partial charge in [-0.3, -0.25) is 5.10 Å². The Bertz CT molecular complexity index is 1210. The minimum absolute atomic E-state index is 0.0642. The van der Waals surface area contributed by atoms with Gasteiger partial charge in [-0.05, 0) is 58.8 Å². The SMILES string of the molecule is C=N/C(=C\C(=N/COc1ccc2[nH]c(C)cc2c1F)NCCN(C)C)Nc1cc(C2CC2)[nH]n1. The molecule has 0 aliphatic heterocycles. The Kier molecular flexibility index (Phi) is 7.27. The molecule has 0 amide bonds. The van der Waals surface area contributed by atoms with Gasteiger partial charge in [-0.15, -0.1) is 0 Å². The zero-order valence-electron chi connectivity index (χ0n) is 19.8. The third-order valence-electron chi connectivity index (χ3n) is 5.47. The topological polar surface area (TPSA) is 106 Å². The Balaban J connectivity index is 1.46. The van der Waals surface area contributed by atoms with Gasteiger partial charge in [0.2, 0.25) is 0 Å². The molecule has 10 heteroatoms. The number of aliphatic imine (C=N–C) groups is 2. The van der Waals surface area contributed by atoms with Gasteiger partial charge in [-0.1, -0.05) is 0 Å². The second kappa shape index (κ2) is 10.5. The van der Waals surface area contributed by atoms with Crippen molar-refractivity contribution in [2.24, 2.45) is 9.98 Å². The first-order valence-electron chi connectivity index (χ1n) is 11.3. The maximum Gasteiger partial charge on any atom is 0.181 e. The molecule has 4 N–H and O–H groups in total. The number of rotatable bonds is 11. The molecular weight excluding hydrogens is 435 g/mol. The van der Waals surface area contributed by atoms with Gasteiger partial charge < -0.3 is 25.3 Å². The smallest absolute Gasteiger partial charge is 0.181 e. The first-order chi connectivity index (χ1) is 16.4. The molecule has 9 nitrogen and oxygen atoms in total. The van der Waals surface area contributed by atoms with E-state index in [2.05, 4.69) is 47.4 Å². The van der Waals surface area contributed by atoms with E-state index in [0.717, 1.165) is 23.4 Å². The number of aromatic amines is 2. The minimum Gasteiger partial charge on any atom is -0.468 e. The van der Waals surface area contributed by atoms with Crippen LogP contribution in [0.1, 0.15) is 30.1 Å². The number of amidine groups is 1. The van der Waals surface area contributed by atoms with E-state index in [1.54, 1.807) is 24.3 Å². The number of halogens is 1. The Morgan fingerprint density at radius 1 is 1.35 bits per heavy atom. The highest BCUT2D eigenvalue weighted by Crippen LogP contribution is 2.39. The van der Waals surface area contributed by atoms with Crippen LogP contribution in [0.5, 0.6) is 5.75 Å². The van der Waals surface area contributed by atoms with Gasteiger partial charge >= 0.3 is 0 Å². The lowest BCUT2D eigenvalue weighted by Crippen LogP contribution is -2.31. The number of benzene rings is 1. The zero-order valence-corrected chi connectivity index (χ0v) is 19.8. The maximum atomic E-state index is 14.8. The fourth-order valence-electron chi connectivity index (χ4n) is 3.52. The quantitative estimate of drug-likeness (QED) is 0.254. The van der Waals surface area contributed by atoms with E-state index in [4.69, 9.17) is 4.74 Å². The van der Waals surface area contributed by atoms with Crippen LogP contribution in [0.2, 0.25) is 0 Å². The normalized spacial score (nSPS) is 14.6. The predicted molar refractivity (Wildman–Crippen MR) is 134 cm³/mol. The van der Waals surface area contributed by atoms with Crippen LogP contribution >= 0.6 is 0 Å². The number of H-pyrrole nitrogens is 2. The van der Waals surface area contributed by atoms with Crippen molar-refractivity contribution in [3.05, 3.63) is 53.4 Å². The van der Waals surface area contributed by atoms with Crippen molar-refractivity contribution >= 4 is 29.3 Å². The van der Waals surface area contributed by atoms with Gasteiger partial charge in [-0.2, -0.15) is 5.10 Å². The Morgan fingerprint density at radius 2 is 2.18 bits per heavy atom. The summed E-state index contributed by atoms with van der Waals surface area (Å²) in [5, 5.41) is 14.3. The maximum absolute atomic E-state index is 14.8. The Morgan fingerprint density at radius 3 is 2.91 bits per heavy atom. The van der Waals surface area contributed by atoms with Crippen LogP contribution in [0, 0.1) is 12.7 Å². The summed E-state index contributed by atoms with van der Waals surface area (Å²) in [6, 6.07) is 7.14. The molecule has 0 bridgehead atoms. The van der Waals surface area contributed by atoms with Crippen LogP contribution in [0.25, 0.3) is 10.9 Å². The molecule has 0 unspecified atom stereocenters. The monoisotopic (exact) mass is 466 g/mol. The third kappa shape index (κ3) is 6.02. The van der Waals surface area contributed by atoms with E-state index in [1.807, 2.05) is 27.1 Å². The van der Waals surface area contributed by atoms with Crippen molar-refractivity contribution in [3.63, 3.8) is 0 Å². The van der Waals surface area contributed by atoms with Gasteiger partial charge in [0, 0.05) is 53.4 Å². The fourth-order valence-corrected chi connectivity index (χ4v) is 3.52. The second-order valence-corrected chi connectivity index (χ2v) is 8.63. The lowest BCUT2D eigenvalue weighted by Gasteiger charge is -2.13. The molecule has 4 rings (SSSR count). The summed E-state index contributed by atoms with van der Waals surface area (Å²) in [7, 11) is 3.98. The number of nitrogens with one attached hydrogen (secondary N) is 4. The standard InChI is InChI=1S/C24H31FN8O/c1-15-11-17-18(29-15)7-8-20(24(17)25)34-14-28-22(27-9-10-33(3)4)13-21(26-2)30-23-12-19(31-32-23)16-5-6-16/h7-8,11-13,16,29H,2,5-6,9-10,14H2,1,3-4H3,(H,27,28)(H2,30,31,32)/b21-13+.